The van der Waals surface area contributed by atoms with Crippen LogP contribution in [0.1, 0.15) is 55.4 Å². The van der Waals surface area contributed by atoms with Crippen LogP contribution in [-0.4, -0.2) is 41.2 Å². The third-order valence-electron chi connectivity index (χ3n) is 4.69. The number of carbonyl (C=O) groups excluding carboxylic acids is 4. The number of benzene rings is 1. The number of rotatable bonds is 5. The molecule has 2 aromatic rings. The highest BCUT2D eigenvalue weighted by molar-refractivity contribution is 7.16. The largest absolute Gasteiger partial charge is 0.462 e. The van der Waals surface area contributed by atoms with Crippen molar-refractivity contribution in [3.8, 4) is 0 Å². The number of carbonyl (C=O) groups is 4. The molecule has 28 heavy (non-hydrogen) atoms. The van der Waals surface area contributed by atoms with E-state index in [0.717, 1.165) is 15.3 Å². The summed E-state index contributed by atoms with van der Waals surface area (Å²) in [6.45, 7) is 7.02. The Morgan fingerprint density at radius 2 is 1.71 bits per heavy atom. The number of aryl methyl sites for hydroxylation is 1. The van der Waals surface area contributed by atoms with Crippen molar-refractivity contribution in [1.82, 2.24) is 4.90 Å². The number of fused-ring (bicyclic) bond motifs is 1. The maximum Gasteiger partial charge on any atom is 0.341 e. The molecule has 0 spiro atoms. The van der Waals surface area contributed by atoms with Crippen molar-refractivity contribution >= 4 is 40.0 Å². The predicted octanol–water partition coefficient (Wildman–Crippen LogP) is 3.16. The molecule has 3 rings (SSSR count). The molecule has 7 nitrogen and oxygen atoms in total. The van der Waals surface area contributed by atoms with E-state index < -0.39 is 29.7 Å². The SMILES string of the molecule is CCOC(=O)c1c(NC(=O)C(C)N2C(=O)c3ccccc3C2=O)sc(C)c1C. The molecule has 2 heterocycles. The molecule has 146 valence electrons. The van der Waals surface area contributed by atoms with Crippen molar-refractivity contribution in [2.45, 2.75) is 33.7 Å². The van der Waals surface area contributed by atoms with Gasteiger partial charge in [0, 0.05) is 4.88 Å². The molecule has 1 aliphatic heterocycles. The second kappa shape index (κ2) is 7.55. The summed E-state index contributed by atoms with van der Waals surface area (Å²) in [5.41, 5.74) is 1.59. The van der Waals surface area contributed by atoms with Crippen LogP contribution < -0.4 is 5.32 Å². The summed E-state index contributed by atoms with van der Waals surface area (Å²) in [7, 11) is 0. The summed E-state index contributed by atoms with van der Waals surface area (Å²) in [6, 6.07) is 5.42. The Morgan fingerprint density at radius 1 is 1.14 bits per heavy atom. The topological polar surface area (TPSA) is 92.8 Å². The molecular formula is C20H20N2O5S. The Labute approximate surface area is 166 Å². The molecule has 3 amide bonds. The lowest BCUT2D eigenvalue weighted by atomic mass is 10.1. The Morgan fingerprint density at radius 3 is 2.25 bits per heavy atom. The number of thiophene rings is 1. The van der Waals surface area contributed by atoms with Gasteiger partial charge in [-0.3, -0.25) is 19.3 Å². The summed E-state index contributed by atoms with van der Waals surface area (Å²) in [4.78, 5) is 52.0. The average Bonchev–Trinajstić information content (AvgIpc) is 3.08. The molecule has 1 N–H and O–H groups in total. The van der Waals surface area contributed by atoms with E-state index in [-0.39, 0.29) is 17.7 Å². The minimum atomic E-state index is -1.04. The summed E-state index contributed by atoms with van der Waals surface area (Å²) in [5.74, 6) is -2.09. The van der Waals surface area contributed by atoms with Gasteiger partial charge in [0.05, 0.1) is 23.3 Å². The Balaban J connectivity index is 1.85. The summed E-state index contributed by atoms with van der Waals surface area (Å²) < 4.78 is 5.08. The number of amides is 3. The second-order valence-corrected chi connectivity index (χ2v) is 7.62. The van der Waals surface area contributed by atoms with Gasteiger partial charge < -0.3 is 10.1 Å². The van der Waals surface area contributed by atoms with Gasteiger partial charge in [-0.25, -0.2) is 4.79 Å². The Kier molecular flexibility index (Phi) is 5.33. The summed E-state index contributed by atoms with van der Waals surface area (Å²) in [5, 5.41) is 3.04. The van der Waals surface area contributed by atoms with Crippen molar-refractivity contribution < 1.29 is 23.9 Å². The molecule has 1 aliphatic rings. The zero-order valence-corrected chi connectivity index (χ0v) is 16.8. The van der Waals surface area contributed by atoms with Gasteiger partial charge in [-0.15, -0.1) is 11.3 Å². The van der Waals surface area contributed by atoms with Crippen LogP contribution in [0.2, 0.25) is 0 Å². The fourth-order valence-corrected chi connectivity index (χ4v) is 4.11. The van der Waals surface area contributed by atoms with Crippen LogP contribution in [0.3, 0.4) is 0 Å². The lowest BCUT2D eigenvalue weighted by Gasteiger charge is -2.21. The van der Waals surface area contributed by atoms with Crippen LogP contribution in [0.5, 0.6) is 0 Å². The van der Waals surface area contributed by atoms with E-state index in [0.29, 0.717) is 10.6 Å². The molecule has 8 heteroatoms. The molecule has 1 aromatic carbocycles. The standard InChI is InChI=1S/C20H20N2O5S/c1-5-27-20(26)15-10(2)12(4)28-17(15)21-16(23)11(3)22-18(24)13-8-6-7-9-14(13)19(22)25/h6-9,11H,5H2,1-4H3,(H,21,23). The normalized spacial score (nSPS) is 14.1. The number of hydrogen-bond acceptors (Lipinski definition) is 6. The van der Waals surface area contributed by atoms with Gasteiger partial charge >= 0.3 is 5.97 Å². The van der Waals surface area contributed by atoms with Crippen LogP contribution in [0, 0.1) is 13.8 Å². The van der Waals surface area contributed by atoms with Crippen LogP contribution in [0.15, 0.2) is 24.3 Å². The first-order chi connectivity index (χ1) is 13.3. The molecular weight excluding hydrogens is 380 g/mol. The van der Waals surface area contributed by atoms with Crippen molar-refractivity contribution in [2.24, 2.45) is 0 Å². The first-order valence-electron chi connectivity index (χ1n) is 8.82. The van der Waals surface area contributed by atoms with Crippen molar-refractivity contribution in [3.63, 3.8) is 0 Å². The second-order valence-electron chi connectivity index (χ2n) is 6.40. The Bertz CT molecular complexity index is 959. The van der Waals surface area contributed by atoms with E-state index >= 15 is 0 Å². The lowest BCUT2D eigenvalue weighted by molar-refractivity contribution is -0.119. The highest BCUT2D eigenvalue weighted by Gasteiger charge is 2.41. The molecule has 0 aliphatic carbocycles. The summed E-state index contributed by atoms with van der Waals surface area (Å²) in [6.07, 6.45) is 0. The number of anilines is 1. The number of ether oxygens (including phenoxy) is 1. The van der Waals surface area contributed by atoms with Gasteiger partial charge in [-0.2, -0.15) is 0 Å². The van der Waals surface area contributed by atoms with Crippen LogP contribution in [0.25, 0.3) is 0 Å². The van der Waals surface area contributed by atoms with Crippen LogP contribution >= 0.6 is 11.3 Å². The molecule has 0 radical (unpaired) electrons. The first kappa shape index (κ1) is 19.8. The third-order valence-corrected chi connectivity index (χ3v) is 5.82. The zero-order chi connectivity index (χ0) is 20.6. The number of esters is 1. The average molecular weight is 400 g/mol. The highest BCUT2D eigenvalue weighted by Crippen LogP contribution is 2.33. The van der Waals surface area contributed by atoms with Gasteiger partial charge in [0.1, 0.15) is 11.0 Å². The van der Waals surface area contributed by atoms with E-state index in [2.05, 4.69) is 5.32 Å². The van der Waals surface area contributed by atoms with Crippen LogP contribution in [-0.2, 0) is 9.53 Å². The van der Waals surface area contributed by atoms with E-state index in [1.807, 2.05) is 6.92 Å². The lowest BCUT2D eigenvalue weighted by Crippen LogP contribution is -2.45. The molecule has 0 saturated carbocycles. The predicted molar refractivity (Wildman–Crippen MR) is 105 cm³/mol. The number of nitrogens with zero attached hydrogens (tertiary/aromatic N) is 1. The molecule has 1 atom stereocenters. The van der Waals surface area contributed by atoms with E-state index in [9.17, 15) is 19.2 Å². The van der Waals surface area contributed by atoms with Gasteiger partial charge in [-0.05, 0) is 45.4 Å². The maximum absolute atomic E-state index is 12.8. The van der Waals surface area contributed by atoms with Crippen molar-refractivity contribution in [3.05, 3.63) is 51.4 Å². The highest BCUT2D eigenvalue weighted by atomic mass is 32.1. The molecule has 0 saturated heterocycles. The van der Waals surface area contributed by atoms with Gasteiger partial charge in [0.25, 0.3) is 11.8 Å². The maximum atomic E-state index is 12.8. The van der Waals surface area contributed by atoms with Gasteiger partial charge in [0.15, 0.2) is 0 Å². The van der Waals surface area contributed by atoms with E-state index in [1.165, 1.54) is 18.3 Å². The van der Waals surface area contributed by atoms with Crippen molar-refractivity contribution in [2.75, 3.05) is 11.9 Å². The minimum Gasteiger partial charge on any atom is -0.462 e. The van der Waals surface area contributed by atoms with Gasteiger partial charge in [-0.1, -0.05) is 12.1 Å². The molecule has 1 unspecified atom stereocenters. The summed E-state index contributed by atoms with van der Waals surface area (Å²) >= 11 is 1.25. The smallest absolute Gasteiger partial charge is 0.341 e. The quantitative estimate of drug-likeness (QED) is 0.615. The van der Waals surface area contributed by atoms with E-state index in [1.54, 1.807) is 38.1 Å². The Hall–Kier alpha value is -3.00. The van der Waals surface area contributed by atoms with E-state index in [4.69, 9.17) is 4.74 Å². The third kappa shape index (κ3) is 3.20. The van der Waals surface area contributed by atoms with Crippen molar-refractivity contribution in [1.29, 1.82) is 0 Å². The first-order valence-corrected chi connectivity index (χ1v) is 9.64. The fourth-order valence-electron chi connectivity index (χ4n) is 3.06. The molecule has 0 bridgehead atoms. The van der Waals surface area contributed by atoms with Gasteiger partial charge in [0.2, 0.25) is 5.91 Å². The fraction of sp³-hybridized carbons (Fsp3) is 0.300. The number of imide groups is 1. The minimum absolute atomic E-state index is 0.214. The number of hydrogen-bond donors (Lipinski definition) is 1. The van der Waals surface area contributed by atoms with Crippen LogP contribution in [0.4, 0.5) is 5.00 Å². The zero-order valence-electron chi connectivity index (χ0n) is 16.0. The molecule has 1 aromatic heterocycles. The number of nitrogens with one attached hydrogen (secondary N) is 1. The monoisotopic (exact) mass is 400 g/mol. The molecule has 0 fully saturated rings.